The maximum absolute atomic E-state index is 9.49. The van der Waals surface area contributed by atoms with E-state index in [1.807, 2.05) is 42.5 Å². The second kappa shape index (κ2) is 7.07. The van der Waals surface area contributed by atoms with Crippen LogP contribution in [-0.4, -0.2) is 18.3 Å². The average molecular weight is 256 g/mol. The van der Waals surface area contributed by atoms with Crippen molar-refractivity contribution in [3.8, 4) is 0 Å². The molecule has 0 saturated heterocycles. The van der Waals surface area contributed by atoms with Gasteiger partial charge in [-0.2, -0.15) is 0 Å². The summed E-state index contributed by atoms with van der Waals surface area (Å²) in [6, 6.07) is 18.3. The van der Waals surface area contributed by atoms with Crippen LogP contribution in [-0.2, 0) is 11.3 Å². The number of ether oxygens (including phenoxy) is 1. The molecule has 2 aromatic rings. The van der Waals surface area contributed by atoms with Crippen molar-refractivity contribution in [2.75, 3.05) is 13.2 Å². The Morgan fingerprint density at radius 2 is 1.84 bits per heavy atom. The average Bonchev–Trinajstić information content (AvgIpc) is 2.45. The van der Waals surface area contributed by atoms with Gasteiger partial charge in [0.1, 0.15) is 0 Å². The number of rotatable bonds is 6. The van der Waals surface area contributed by atoms with E-state index in [0.29, 0.717) is 13.2 Å². The zero-order valence-electron chi connectivity index (χ0n) is 11.3. The highest BCUT2D eigenvalue weighted by molar-refractivity contribution is 5.25. The van der Waals surface area contributed by atoms with Crippen molar-refractivity contribution >= 4 is 0 Å². The van der Waals surface area contributed by atoms with Gasteiger partial charge in [-0.15, -0.1) is 0 Å². The molecule has 0 radical (unpaired) electrons. The third-order valence-corrected chi connectivity index (χ3v) is 3.16. The lowest BCUT2D eigenvalue weighted by atomic mass is 9.99. The number of benzene rings is 2. The van der Waals surface area contributed by atoms with Crippen LogP contribution in [0.4, 0.5) is 0 Å². The Balaban J connectivity index is 1.89. The molecule has 0 aliphatic rings. The molecule has 100 valence electrons. The quantitative estimate of drug-likeness (QED) is 0.859. The van der Waals surface area contributed by atoms with Crippen LogP contribution in [0.25, 0.3) is 0 Å². The summed E-state index contributed by atoms with van der Waals surface area (Å²) in [5.74, 6) is 0.0450. The van der Waals surface area contributed by atoms with Crippen molar-refractivity contribution < 1.29 is 9.84 Å². The molecule has 1 unspecified atom stereocenters. The SMILES string of the molecule is Cc1cccc(C(CO)COCc2ccccc2)c1. The Kier molecular flexibility index (Phi) is 5.13. The molecule has 2 rings (SSSR count). The van der Waals surface area contributed by atoms with Crippen molar-refractivity contribution in [2.45, 2.75) is 19.4 Å². The molecule has 2 heteroatoms. The van der Waals surface area contributed by atoms with Gasteiger partial charge in [0.05, 0.1) is 19.8 Å². The fraction of sp³-hybridized carbons (Fsp3) is 0.294. The lowest BCUT2D eigenvalue weighted by molar-refractivity contribution is 0.0882. The third-order valence-electron chi connectivity index (χ3n) is 3.16. The Bertz CT molecular complexity index is 494. The van der Waals surface area contributed by atoms with E-state index in [9.17, 15) is 5.11 Å². The first kappa shape index (κ1) is 13.8. The summed E-state index contributed by atoms with van der Waals surface area (Å²) in [5, 5.41) is 9.49. The number of aliphatic hydroxyl groups excluding tert-OH is 1. The van der Waals surface area contributed by atoms with Gasteiger partial charge in [0, 0.05) is 5.92 Å². The summed E-state index contributed by atoms with van der Waals surface area (Å²) in [7, 11) is 0. The highest BCUT2D eigenvalue weighted by Crippen LogP contribution is 2.17. The normalized spacial score (nSPS) is 12.3. The van der Waals surface area contributed by atoms with Crippen molar-refractivity contribution in [2.24, 2.45) is 0 Å². The van der Waals surface area contributed by atoms with Crippen molar-refractivity contribution in [1.82, 2.24) is 0 Å². The summed E-state index contributed by atoms with van der Waals surface area (Å²) < 4.78 is 5.71. The fourth-order valence-electron chi connectivity index (χ4n) is 2.07. The Labute approximate surface area is 114 Å². The van der Waals surface area contributed by atoms with Crippen molar-refractivity contribution in [3.05, 3.63) is 71.3 Å². The molecular formula is C17H20O2. The van der Waals surface area contributed by atoms with Crippen LogP contribution in [0.5, 0.6) is 0 Å². The van der Waals surface area contributed by atoms with Crippen molar-refractivity contribution in [1.29, 1.82) is 0 Å². The van der Waals surface area contributed by atoms with Gasteiger partial charge in [-0.05, 0) is 18.1 Å². The molecule has 1 N–H and O–H groups in total. The lowest BCUT2D eigenvalue weighted by Gasteiger charge is -2.15. The molecule has 19 heavy (non-hydrogen) atoms. The van der Waals surface area contributed by atoms with Crippen LogP contribution >= 0.6 is 0 Å². The molecule has 0 aliphatic heterocycles. The van der Waals surface area contributed by atoms with E-state index < -0.39 is 0 Å². The molecule has 0 heterocycles. The summed E-state index contributed by atoms with van der Waals surface area (Å²) in [5.41, 5.74) is 3.50. The van der Waals surface area contributed by atoms with Gasteiger partial charge in [0.25, 0.3) is 0 Å². The number of hydrogen-bond acceptors (Lipinski definition) is 2. The molecule has 0 bridgehead atoms. The van der Waals surface area contributed by atoms with E-state index >= 15 is 0 Å². The second-order valence-corrected chi connectivity index (χ2v) is 4.79. The smallest absolute Gasteiger partial charge is 0.0717 e. The molecule has 0 fully saturated rings. The van der Waals surface area contributed by atoms with E-state index in [0.717, 1.165) is 11.1 Å². The van der Waals surface area contributed by atoms with Crippen LogP contribution in [0.1, 0.15) is 22.6 Å². The van der Waals surface area contributed by atoms with Crippen LogP contribution in [0, 0.1) is 6.92 Å². The summed E-state index contributed by atoms with van der Waals surface area (Å²) >= 11 is 0. The molecule has 2 aromatic carbocycles. The minimum absolute atomic E-state index is 0.0450. The number of aryl methyl sites for hydroxylation is 1. The minimum atomic E-state index is 0.0450. The maximum atomic E-state index is 9.49. The topological polar surface area (TPSA) is 29.5 Å². The van der Waals surface area contributed by atoms with Gasteiger partial charge in [-0.25, -0.2) is 0 Å². The first-order valence-corrected chi connectivity index (χ1v) is 6.58. The number of hydrogen-bond donors (Lipinski definition) is 1. The lowest BCUT2D eigenvalue weighted by Crippen LogP contribution is -2.12. The molecule has 0 aromatic heterocycles. The van der Waals surface area contributed by atoms with E-state index in [-0.39, 0.29) is 12.5 Å². The summed E-state index contributed by atoms with van der Waals surface area (Å²) in [6.45, 7) is 3.29. The predicted molar refractivity (Wildman–Crippen MR) is 77.1 cm³/mol. The first-order valence-electron chi connectivity index (χ1n) is 6.58. The van der Waals surface area contributed by atoms with Crippen molar-refractivity contribution in [3.63, 3.8) is 0 Å². The molecule has 0 saturated carbocycles. The first-order chi connectivity index (χ1) is 9.29. The van der Waals surface area contributed by atoms with E-state index in [4.69, 9.17) is 4.74 Å². The molecular weight excluding hydrogens is 236 g/mol. The Hall–Kier alpha value is -1.64. The summed E-state index contributed by atoms with van der Waals surface area (Å²) in [4.78, 5) is 0. The van der Waals surface area contributed by atoms with E-state index in [1.54, 1.807) is 0 Å². The zero-order valence-corrected chi connectivity index (χ0v) is 11.3. The van der Waals surface area contributed by atoms with Gasteiger partial charge in [-0.1, -0.05) is 60.2 Å². The maximum Gasteiger partial charge on any atom is 0.0717 e. The highest BCUT2D eigenvalue weighted by atomic mass is 16.5. The zero-order chi connectivity index (χ0) is 13.5. The van der Waals surface area contributed by atoms with Crippen LogP contribution in [0.15, 0.2) is 54.6 Å². The number of aliphatic hydroxyl groups is 1. The molecule has 0 amide bonds. The van der Waals surface area contributed by atoms with Gasteiger partial charge >= 0.3 is 0 Å². The summed E-state index contributed by atoms with van der Waals surface area (Å²) in [6.07, 6.45) is 0. The molecule has 0 spiro atoms. The van der Waals surface area contributed by atoms with Crippen LogP contribution < -0.4 is 0 Å². The van der Waals surface area contributed by atoms with Crippen LogP contribution in [0.3, 0.4) is 0 Å². The Morgan fingerprint density at radius 3 is 2.53 bits per heavy atom. The standard InChI is InChI=1S/C17H20O2/c1-14-6-5-9-16(10-14)17(11-18)13-19-12-15-7-3-2-4-8-15/h2-10,17-18H,11-13H2,1H3. The minimum Gasteiger partial charge on any atom is -0.396 e. The molecule has 0 aliphatic carbocycles. The van der Waals surface area contributed by atoms with Gasteiger partial charge in [0.2, 0.25) is 0 Å². The predicted octanol–water partition coefficient (Wildman–Crippen LogP) is 3.29. The monoisotopic (exact) mass is 256 g/mol. The highest BCUT2D eigenvalue weighted by Gasteiger charge is 2.10. The van der Waals surface area contributed by atoms with Gasteiger partial charge < -0.3 is 9.84 Å². The fourth-order valence-corrected chi connectivity index (χ4v) is 2.07. The largest absolute Gasteiger partial charge is 0.396 e. The Morgan fingerprint density at radius 1 is 1.05 bits per heavy atom. The molecule has 2 nitrogen and oxygen atoms in total. The third kappa shape index (κ3) is 4.19. The second-order valence-electron chi connectivity index (χ2n) is 4.79. The van der Waals surface area contributed by atoms with E-state index in [1.165, 1.54) is 5.56 Å². The van der Waals surface area contributed by atoms with Gasteiger partial charge in [-0.3, -0.25) is 0 Å². The van der Waals surface area contributed by atoms with E-state index in [2.05, 4.69) is 19.1 Å². The van der Waals surface area contributed by atoms with Crippen LogP contribution in [0.2, 0.25) is 0 Å². The van der Waals surface area contributed by atoms with Gasteiger partial charge in [0.15, 0.2) is 0 Å². The molecule has 1 atom stereocenters.